The number of nitrogen functional groups attached to an aromatic ring is 1. The molecule has 0 radical (unpaired) electrons. The fourth-order valence-electron chi connectivity index (χ4n) is 2.38. The summed E-state index contributed by atoms with van der Waals surface area (Å²) in [5, 5.41) is 12.0. The molecule has 0 aliphatic carbocycles. The van der Waals surface area contributed by atoms with Crippen molar-refractivity contribution in [3.63, 3.8) is 0 Å². The van der Waals surface area contributed by atoms with Gasteiger partial charge in [0.2, 0.25) is 0 Å². The first-order chi connectivity index (χ1) is 14.6. The molecule has 1 amide bonds. The van der Waals surface area contributed by atoms with Crippen molar-refractivity contribution in [3.8, 4) is 23.7 Å². The first-order valence-corrected chi connectivity index (χ1v) is 9.02. The van der Waals surface area contributed by atoms with Crippen LogP contribution in [-0.2, 0) is 9.53 Å². The maximum atomic E-state index is 13.1. The van der Waals surface area contributed by atoms with E-state index in [1.54, 1.807) is 24.3 Å². The Hall–Kier alpha value is -3.88. The topological polar surface area (TPSA) is 102 Å². The highest BCUT2D eigenvalue weighted by atomic mass is 19.3. The van der Waals surface area contributed by atoms with Crippen molar-refractivity contribution in [2.75, 3.05) is 12.8 Å². The first-order valence-electron chi connectivity index (χ1n) is 9.02. The summed E-state index contributed by atoms with van der Waals surface area (Å²) < 4.78 is 30.6. The molecule has 0 spiro atoms. The van der Waals surface area contributed by atoms with E-state index < -0.39 is 29.9 Å². The molecular formula is C23H20F2N2O4. The van der Waals surface area contributed by atoms with Crippen molar-refractivity contribution in [3.05, 3.63) is 65.2 Å². The van der Waals surface area contributed by atoms with E-state index in [-0.39, 0.29) is 5.56 Å². The highest BCUT2D eigenvalue weighted by Gasteiger charge is 2.46. The van der Waals surface area contributed by atoms with E-state index in [0.29, 0.717) is 11.3 Å². The number of ether oxygens (including phenoxy) is 1. The summed E-state index contributed by atoms with van der Waals surface area (Å²) in [6.07, 6.45) is -3.29. The van der Waals surface area contributed by atoms with Crippen LogP contribution in [0.15, 0.2) is 48.5 Å². The number of aliphatic hydroxyl groups is 1. The van der Waals surface area contributed by atoms with Crippen LogP contribution in [0.3, 0.4) is 0 Å². The van der Waals surface area contributed by atoms with Gasteiger partial charge in [0.25, 0.3) is 12.3 Å². The van der Waals surface area contributed by atoms with Gasteiger partial charge in [0.05, 0.1) is 7.11 Å². The Morgan fingerprint density at radius 1 is 1.03 bits per heavy atom. The Balaban J connectivity index is 2.10. The van der Waals surface area contributed by atoms with E-state index in [1.807, 2.05) is 0 Å². The third-order valence-corrected chi connectivity index (χ3v) is 4.27. The number of carbonyl (C=O) groups excluding carboxylic acids is 2. The van der Waals surface area contributed by atoms with E-state index >= 15 is 0 Å². The number of benzene rings is 2. The van der Waals surface area contributed by atoms with Crippen molar-refractivity contribution in [1.29, 1.82) is 0 Å². The number of nitrogens with two attached hydrogens (primary N) is 1. The second-order valence-electron chi connectivity index (χ2n) is 6.66. The summed E-state index contributed by atoms with van der Waals surface area (Å²) in [7, 11) is 0.965. The molecular weight excluding hydrogens is 406 g/mol. The maximum absolute atomic E-state index is 13.1. The van der Waals surface area contributed by atoms with E-state index in [1.165, 1.54) is 24.3 Å². The molecule has 0 aliphatic heterocycles. The second-order valence-corrected chi connectivity index (χ2v) is 6.66. The number of methoxy groups -OCH3 is 1. The summed E-state index contributed by atoms with van der Waals surface area (Å²) in [4.78, 5) is 24.1. The average Bonchev–Trinajstić information content (AvgIpc) is 2.75. The molecule has 0 heterocycles. The van der Waals surface area contributed by atoms with E-state index in [0.717, 1.165) is 19.6 Å². The number of hydrogen-bond acceptors (Lipinski definition) is 5. The fourth-order valence-corrected chi connectivity index (χ4v) is 2.38. The summed E-state index contributed by atoms with van der Waals surface area (Å²) in [6.45, 7) is 0.740. The minimum absolute atomic E-state index is 0.0810. The monoisotopic (exact) mass is 426 g/mol. The maximum Gasteiger partial charge on any atom is 0.331 e. The zero-order chi connectivity index (χ0) is 23.0. The third kappa shape index (κ3) is 6.30. The second kappa shape index (κ2) is 10.2. The van der Waals surface area contributed by atoms with Gasteiger partial charge in [-0.2, -0.15) is 0 Å². The summed E-state index contributed by atoms with van der Waals surface area (Å²) in [6, 6.07) is 10.9. The van der Waals surface area contributed by atoms with Gasteiger partial charge in [0.15, 0.2) is 11.6 Å². The van der Waals surface area contributed by atoms with E-state index in [2.05, 4.69) is 33.7 Å². The molecule has 31 heavy (non-hydrogen) atoms. The molecule has 8 heteroatoms. The van der Waals surface area contributed by atoms with Gasteiger partial charge in [-0.1, -0.05) is 11.8 Å². The number of alkyl halides is 2. The molecule has 0 fully saturated rings. The SMILES string of the molecule is COC(=O)[C@@H](NC(=O)c1ccc(C#CC#Cc2ccc(N)cc2)cc1)[C@](C)(O)C(F)F. The molecule has 0 saturated heterocycles. The van der Waals surface area contributed by atoms with Gasteiger partial charge >= 0.3 is 5.97 Å². The molecule has 0 bridgehead atoms. The van der Waals surface area contributed by atoms with Crippen molar-refractivity contribution in [2.45, 2.75) is 25.0 Å². The lowest BCUT2D eigenvalue weighted by molar-refractivity contribution is -0.160. The van der Waals surface area contributed by atoms with Crippen molar-refractivity contribution < 1.29 is 28.2 Å². The van der Waals surface area contributed by atoms with Gasteiger partial charge in [0, 0.05) is 22.4 Å². The number of rotatable bonds is 5. The van der Waals surface area contributed by atoms with Crippen molar-refractivity contribution in [1.82, 2.24) is 5.32 Å². The van der Waals surface area contributed by atoms with Crippen LogP contribution in [0, 0.1) is 23.7 Å². The Labute approximate surface area is 178 Å². The molecule has 2 aromatic rings. The van der Waals surface area contributed by atoms with Crippen LogP contribution in [0.4, 0.5) is 14.5 Å². The largest absolute Gasteiger partial charge is 0.467 e. The first kappa shape index (κ1) is 23.4. The quantitative estimate of drug-likeness (QED) is 0.386. The predicted molar refractivity (Wildman–Crippen MR) is 111 cm³/mol. The molecule has 4 N–H and O–H groups in total. The number of anilines is 1. The summed E-state index contributed by atoms with van der Waals surface area (Å²) in [5.74, 6) is 9.02. The number of amides is 1. The van der Waals surface area contributed by atoms with Gasteiger partial charge in [-0.25, -0.2) is 13.6 Å². The third-order valence-electron chi connectivity index (χ3n) is 4.27. The van der Waals surface area contributed by atoms with Crippen LogP contribution in [0.25, 0.3) is 0 Å². The van der Waals surface area contributed by atoms with Gasteiger partial charge in [-0.05, 0) is 67.3 Å². The standard InChI is InChI=1S/C23H20F2N2O4/c1-23(30,22(24)25)19(21(29)31-2)27-20(28)17-11-7-15(8-12-17)5-3-4-6-16-9-13-18(26)14-10-16/h7-14,19,22,30H,26H2,1-2H3,(H,27,28)/t19-,23+/m1/s1. The molecule has 2 rings (SSSR count). The lowest BCUT2D eigenvalue weighted by Gasteiger charge is -2.30. The predicted octanol–water partition coefficient (Wildman–Crippen LogP) is 1.96. The number of carbonyl (C=O) groups is 2. The molecule has 6 nitrogen and oxygen atoms in total. The highest BCUT2D eigenvalue weighted by molar-refractivity contribution is 5.97. The molecule has 160 valence electrons. The number of hydrogen-bond donors (Lipinski definition) is 3. The Morgan fingerprint density at radius 3 is 1.97 bits per heavy atom. The van der Waals surface area contributed by atoms with Crippen LogP contribution in [0.1, 0.15) is 28.4 Å². The minimum Gasteiger partial charge on any atom is -0.467 e. The number of halogens is 2. The molecule has 0 aliphatic rings. The highest BCUT2D eigenvalue weighted by Crippen LogP contribution is 2.21. The van der Waals surface area contributed by atoms with Gasteiger partial charge < -0.3 is 20.9 Å². The molecule has 2 atom stereocenters. The van der Waals surface area contributed by atoms with Gasteiger partial charge in [-0.15, -0.1) is 0 Å². The van der Waals surface area contributed by atoms with Crippen molar-refractivity contribution >= 4 is 17.6 Å². The lowest BCUT2D eigenvalue weighted by Crippen LogP contribution is -2.59. The zero-order valence-electron chi connectivity index (χ0n) is 16.8. The lowest BCUT2D eigenvalue weighted by atomic mass is 9.96. The molecule has 2 aromatic carbocycles. The fraction of sp³-hybridized carbons (Fsp3) is 0.217. The Kier molecular flexibility index (Phi) is 7.73. The number of nitrogens with one attached hydrogen (secondary N) is 1. The number of esters is 1. The summed E-state index contributed by atoms with van der Waals surface area (Å²) in [5.41, 5.74) is 4.83. The Morgan fingerprint density at radius 2 is 1.52 bits per heavy atom. The smallest absolute Gasteiger partial charge is 0.331 e. The van der Waals surface area contributed by atoms with Crippen molar-refractivity contribution in [2.24, 2.45) is 0 Å². The van der Waals surface area contributed by atoms with Gasteiger partial charge in [-0.3, -0.25) is 4.79 Å². The molecule has 0 saturated carbocycles. The van der Waals surface area contributed by atoms with Crippen LogP contribution in [0.5, 0.6) is 0 Å². The molecule has 0 aromatic heterocycles. The van der Waals surface area contributed by atoms with Crippen LogP contribution in [-0.4, -0.2) is 42.2 Å². The van der Waals surface area contributed by atoms with Crippen LogP contribution < -0.4 is 11.1 Å². The summed E-state index contributed by atoms with van der Waals surface area (Å²) >= 11 is 0. The van der Waals surface area contributed by atoms with E-state index in [4.69, 9.17) is 5.73 Å². The Bertz CT molecular complexity index is 1060. The normalized spacial score (nSPS) is 13.0. The molecule has 0 unspecified atom stereocenters. The minimum atomic E-state index is -3.29. The van der Waals surface area contributed by atoms with Crippen LogP contribution in [0.2, 0.25) is 0 Å². The van der Waals surface area contributed by atoms with Crippen LogP contribution >= 0.6 is 0 Å². The van der Waals surface area contributed by atoms with Gasteiger partial charge in [0.1, 0.15) is 0 Å². The average molecular weight is 426 g/mol. The van der Waals surface area contributed by atoms with E-state index in [9.17, 15) is 23.5 Å². The zero-order valence-corrected chi connectivity index (χ0v) is 16.8.